The molecule has 0 aromatic heterocycles. The zero-order valence-corrected chi connectivity index (χ0v) is 20.9. The summed E-state index contributed by atoms with van der Waals surface area (Å²) in [5.41, 5.74) is 2.79. The molecular formula is C25H35N3O4S. The van der Waals surface area contributed by atoms with Gasteiger partial charge in [-0.1, -0.05) is 19.1 Å². The van der Waals surface area contributed by atoms with Crippen molar-refractivity contribution in [2.24, 2.45) is 5.92 Å². The van der Waals surface area contributed by atoms with E-state index >= 15 is 0 Å². The SMILES string of the molecule is CC1CCN(c2ccc([C@@H](C)NC(=O)[C@H](C)Oc3ccc(N(C)S(C)(=O)=O)cc3)cc2)CC1. The number of anilines is 2. The largest absolute Gasteiger partial charge is 0.481 e. The molecule has 33 heavy (non-hydrogen) atoms. The molecule has 0 aliphatic carbocycles. The van der Waals surface area contributed by atoms with Crippen molar-refractivity contribution in [1.82, 2.24) is 5.32 Å². The second-order valence-corrected chi connectivity index (χ2v) is 11.0. The molecule has 1 heterocycles. The van der Waals surface area contributed by atoms with Crippen LogP contribution in [-0.4, -0.2) is 46.8 Å². The first-order chi connectivity index (χ1) is 15.5. The summed E-state index contributed by atoms with van der Waals surface area (Å²) in [5, 5.41) is 3.01. The first-order valence-electron chi connectivity index (χ1n) is 11.4. The number of piperidine rings is 1. The molecule has 8 heteroatoms. The van der Waals surface area contributed by atoms with Gasteiger partial charge >= 0.3 is 0 Å². The van der Waals surface area contributed by atoms with Crippen LogP contribution in [0.5, 0.6) is 5.75 Å². The van der Waals surface area contributed by atoms with Crippen LogP contribution in [0.4, 0.5) is 11.4 Å². The molecule has 2 aromatic carbocycles. The predicted molar refractivity (Wildman–Crippen MR) is 133 cm³/mol. The third-order valence-electron chi connectivity index (χ3n) is 6.28. The topological polar surface area (TPSA) is 79.0 Å². The fourth-order valence-corrected chi connectivity index (χ4v) is 4.34. The number of nitrogens with zero attached hydrogens (tertiary/aromatic N) is 2. The smallest absolute Gasteiger partial charge is 0.261 e. The van der Waals surface area contributed by atoms with Gasteiger partial charge in [-0.2, -0.15) is 0 Å². The minimum Gasteiger partial charge on any atom is -0.481 e. The van der Waals surface area contributed by atoms with Gasteiger partial charge in [0, 0.05) is 25.8 Å². The molecule has 1 aliphatic rings. The van der Waals surface area contributed by atoms with Crippen LogP contribution >= 0.6 is 0 Å². The first kappa shape index (κ1) is 24.9. The second-order valence-electron chi connectivity index (χ2n) is 8.98. The van der Waals surface area contributed by atoms with Crippen LogP contribution in [0.2, 0.25) is 0 Å². The molecule has 7 nitrogen and oxygen atoms in total. The van der Waals surface area contributed by atoms with Gasteiger partial charge in [0.2, 0.25) is 10.0 Å². The number of ether oxygens (including phenoxy) is 1. The summed E-state index contributed by atoms with van der Waals surface area (Å²) in [5.74, 6) is 1.08. The lowest BCUT2D eigenvalue weighted by Gasteiger charge is -2.32. The lowest BCUT2D eigenvalue weighted by molar-refractivity contribution is -0.127. The molecule has 1 N–H and O–H groups in total. The zero-order chi connectivity index (χ0) is 24.2. The zero-order valence-electron chi connectivity index (χ0n) is 20.1. The summed E-state index contributed by atoms with van der Waals surface area (Å²) < 4.78 is 30.2. The molecule has 0 saturated carbocycles. The molecule has 0 spiro atoms. The highest BCUT2D eigenvalue weighted by atomic mass is 32.2. The molecule has 180 valence electrons. The van der Waals surface area contributed by atoms with Gasteiger partial charge in [-0.3, -0.25) is 9.10 Å². The highest BCUT2D eigenvalue weighted by Crippen LogP contribution is 2.25. The summed E-state index contributed by atoms with van der Waals surface area (Å²) in [6, 6.07) is 14.9. The van der Waals surface area contributed by atoms with E-state index in [-0.39, 0.29) is 11.9 Å². The molecule has 1 saturated heterocycles. The summed E-state index contributed by atoms with van der Waals surface area (Å²) in [6.07, 6.45) is 2.90. The monoisotopic (exact) mass is 473 g/mol. The molecule has 3 rings (SSSR count). The van der Waals surface area contributed by atoms with Gasteiger partial charge in [-0.15, -0.1) is 0 Å². The Labute approximate surface area is 197 Å². The van der Waals surface area contributed by atoms with Gasteiger partial charge < -0.3 is 15.0 Å². The fourth-order valence-electron chi connectivity index (χ4n) is 3.84. The third kappa shape index (κ3) is 6.63. The first-order valence-corrected chi connectivity index (χ1v) is 13.3. The van der Waals surface area contributed by atoms with Gasteiger partial charge in [0.25, 0.3) is 5.91 Å². The molecule has 1 fully saturated rings. The second kappa shape index (κ2) is 10.5. The summed E-state index contributed by atoms with van der Waals surface area (Å²) in [4.78, 5) is 15.1. The van der Waals surface area contributed by atoms with E-state index in [0.29, 0.717) is 11.4 Å². The molecule has 1 amide bonds. The molecule has 0 bridgehead atoms. The van der Waals surface area contributed by atoms with Crippen LogP contribution in [0, 0.1) is 5.92 Å². The van der Waals surface area contributed by atoms with Crippen molar-refractivity contribution in [2.75, 3.05) is 35.6 Å². The van der Waals surface area contributed by atoms with Crippen molar-refractivity contribution in [3.05, 3.63) is 54.1 Å². The number of carbonyl (C=O) groups is 1. The predicted octanol–water partition coefficient (Wildman–Crippen LogP) is 3.96. The molecule has 0 unspecified atom stereocenters. The van der Waals surface area contributed by atoms with Gasteiger partial charge in [-0.25, -0.2) is 8.42 Å². The Balaban J connectivity index is 1.53. The van der Waals surface area contributed by atoms with Crippen LogP contribution in [0.25, 0.3) is 0 Å². The minimum absolute atomic E-state index is 0.148. The fraction of sp³-hybridized carbons (Fsp3) is 0.480. The van der Waals surface area contributed by atoms with Crippen molar-refractivity contribution >= 4 is 27.3 Å². The normalized spacial score (nSPS) is 16.7. The van der Waals surface area contributed by atoms with Crippen LogP contribution in [0.15, 0.2) is 48.5 Å². The van der Waals surface area contributed by atoms with Gasteiger partial charge in [0.1, 0.15) is 5.75 Å². The number of amides is 1. The Morgan fingerprint density at radius 1 is 1.06 bits per heavy atom. The maximum Gasteiger partial charge on any atom is 0.261 e. The van der Waals surface area contributed by atoms with E-state index in [4.69, 9.17) is 4.74 Å². The number of sulfonamides is 1. The number of nitrogens with one attached hydrogen (secondary N) is 1. The lowest BCUT2D eigenvalue weighted by atomic mass is 9.98. The van der Waals surface area contributed by atoms with E-state index in [9.17, 15) is 13.2 Å². The third-order valence-corrected chi connectivity index (χ3v) is 7.49. The maximum absolute atomic E-state index is 12.7. The van der Waals surface area contributed by atoms with Crippen molar-refractivity contribution in [1.29, 1.82) is 0 Å². The minimum atomic E-state index is -3.33. The number of benzene rings is 2. The van der Waals surface area contributed by atoms with Crippen LogP contribution in [0.1, 0.15) is 45.2 Å². The number of hydrogen-bond donors (Lipinski definition) is 1. The van der Waals surface area contributed by atoms with Crippen LogP contribution < -0.4 is 19.3 Å². The van der Waals surface area contributed by atoms with Crippen molar-refractivity contribution in [3.8, 4) is 5.75 Å². The molecule has 2 atom stereocenters. The highest BCUT2D eigenvalue weighted by molar-refractivity contribution is 7.92. The number of rotatable bonds is 8. The van der Waals surface area contributed by atoms with E-state index in [0.717, 1.165) is 30.8 Å². The van der Waals surface area contributed by atoms with Gasteiger partial charge in [0.05, 0.1) is 18.0 Å². The van der Waals surface area contributed by atoms with E-state index in [2.05, 4.69) is 41.4 Å². The van der Waals surface area contributed by atoms with E-state index in [1.807, 2.05) is 6.92 Å². The quantitative estimate of drug-likeness (QED) is 0.628. The Morgan fingerprint density at radius 3 is 2.18 bits per heavy atom. The highest BCUT2D eigenvalue weighted by Gasteiger charge is 2.20. The lowest BCUT2D eigenvalue weighted by Crippen LogP contribution is -2.37. The van der Waals surface area contributed by atoms with Crippen LogP contribution in [-0.2, 0) is 14.8 Å². The van der Waals surface area contributed by atoms with E-state index < -0.39 is 16.1 Å². The van der Waals surface area contributed by atoms with E-state index in [1.165, 1.54) is 29.9 Å². The van der Waals surface area contributed by atoms with Gasteiger partial charge in [0.15, 0.2) is 6.10 Å². The molecular weight excluding hydrogens is 438 g/mol. The average Bonchev–Trinajstić information content (AvgIpc) is 2.79. The molecule has 2 aromatic rings. The van der Waals surface area contributed by atoms with Crippen molar-refractivity contribution in [2.45, 2.75) is 45.8 Å². The van der Waals surface area contributed by atoms with Crippen LogP contribution in [0.3, 0.4) is 0 Å². The number of hydrogen-bond acceptors (Lipinski definition) is 5. The summed E-state index contributed by atoms with van der Waals surface area (Å²) in [6.45, 7) is 8.14. The van der Waals surface area contributed by atoms with Crippen molar-refractivity contribution < 1.29 is 17.9 Å². The molecule has 0 radical (unpaired) electrons. The average molecular weight is 474 g/mol. The van der Waals surface area contributed by atoms with Gasteiger partial charge in [-0.05, 0) is 74.6 Å². The maximum atomic E-state index is 12.7. The Hall–Kier alpha value is -2.74. The Bertz CT molecular complexity index is 1030. The Kier molecular flexibility index (Phi) is 7.89. The summed E-state index contributed by atoms with van der Waals surface area (Å²) in [7, 11) is -1.84. The van der Waals surface area contributed by atoms with Crippen molar-refractivity contribution in [3.63, 3.8) is 0 Å². The standard InChI is InChI=1S/C25H35N3O4S/c1-18-14-16-28(17-15-18)23-8-6-21(7-9-23)19(2)26-25(29)20(3)32-24-12-10-22(11-13-24)27(4)33(5,30)31/h6-13,18-20H,14-17H2,1-5H3,(H,26,29)/t19-,20+/m1/s1. The summed E-state index contributed by atoms with van der Waals surface area (Å²) >= 11 is 0. The Morgan fingerprint density at radius 2 is 1.64 bits per heavy atom. The van der Waals surface area contributed by atoms with E-state index in [1.54, 1.807) is 31.2 Å². The number of carbonyl (C=O) groups excluding carboxylic acids is 1. The molecule has 1 aliphatic heterocycles.